The van der Waals surface area contributed by atoms with Crippen LogP contribution >= 0.6 is 0 Å². The lowest BCUT2D eigenvalue weighted by molar-refractivity contribution is -0.135. The number of likely N-dealkylation sites (N-methyl/N-ethyl adjacent to an activating group) is 1. The SMILES string of the molecule is CN(CC(=O)Nc1cccc(F)c1)C(=O)CCN1C(=O)NC2(CCCC2)C1=O. The van der Waals surface area contributed by atoms with E-state index in [1.807, 2.05) is 0 Å². The number of amides is 5. The van der Waals surface area contributed by atoms with Crippen LogP contribution in [-0.2, 0) is 14.4 Å². The molecule has 1 heterocycles. The predicted molar refractivity (Wildman–Crippen MR) is 98.7 cm³/mol. The summed E-state index contributed by atoms with van der Waals surface area (Å²) >= 11 is 0. The number of nitrogens with zero attached hydrogens (tertiary/aromatic N) is 2. The van der Waals surface area contributed by atoms with Gasteiger partial charge in [0.25, 0.3) is 5.91 Å². The molecule has 0 bridgehead atoms. The Hall–Kier alpha value is -2.97. The highest BCUT2D eigenvalue weighted by Gasteiger charge is 2.52. The van der Waals surface area contributed by atoms with Gasteiger partial charge in [0.1, 0.15) is 11.4 Å². The van der Waals surface area contributed by atoms with Gasteiger partial charge in [-0.2, -0.15) is 0 Å². The van der Waals surface area contributed by atoms with Crippen molar-refractivity contribution < 1.29 is 23.6 Å². The number of urea groups is 1. The summed E-state index contributed by atoms with van der Waals surface area (Å²) in [6.07, 6.45) is 2.97. The van der Waals surface area contributed by atoms with Crippen molar-refractivity contribution in [3.05, 3.63) is 30.1 Å². The van der Waals surface area contributed by atoms with Gasteiger partial charge >= 0.3 is 6.03 Å². The number of anilines is 1. The minimum absolute atomic E-state index is 0.0267. The van der Waals surface area contributed by atoms with E-state index in [0.29, 0.717) is 18.5 Å². The van der Waals surface area contributed by atoms with E-state index in [4.69, 9.17) is 0 Å². The van der Waals surface area contributed by atoms with Crippen LogP contribution in [0.1, 0.15) is 32.1 Å². The van der Waals surface area contributed by atoms with Crippen LogP contribution < -0.4 is 10.6 Å². The van der Waals surface area contributed by atoms with Crippen molar-refractivity contribution in [1.29, 1.82) is 0 Å². The molecule has 1 spiro atoms. The quantitative estimate of drug-likeness (QED) is 0.719. The van der Waals surface area contributed by atoms with Crippen LogP contribution in [0.25, 0.3) is 0 Å². The number of hydrogen-bond donors (Lipinski definition) is 2. The lowest BCUT2D eigenvalue weighted by Crippen LogP contribution is -2.44. The Bertz CT molecular complexity index is 807. The Morgan fingerprint density at radius 2 is 2.00 bits per heavy atom. The molecule has 0 atom stereocenters. The van der Waals surface area contributed by atoms with Crippen molar-refractivity contribution in [1.82, 2.24) is 15.1 Å². The molecule has 0 radical (unpaired) electrons. The number of carbonyl (C=O) groups excluding carboxylic acids is 4. The standard InChI is InChI=1S/C19H23FN4O4/c1-23(12-15(25)21-14-6-4-5-13(20)11-14)16(26)7-10-24-17(27)19(22-18(24)28)8-2-3-9-19/h4-6,11H,2-3,7-10,12H2,1H3,(H,21,25)(H,22,28). The second-order valence-electron chi connectivity index (χ2n) is 7.23. The van der Waals surface area contributed by atoms with Gasteiger partial charge in [0.15, 0.2) is 0 Å². The van der Waals surface area contributed by atoms with E-state index in [1.54, 1.807) is 6.07 Å². The smallest absolute Gasteiger partial charge is 0.325 e. The topological polar surface area (TPSA) is 98.8 Å². The molecule has 1 aliphatic carbocycles. The highest BCUT2D eigenvalue weighted by atomic mass is 19.1. The molecule has 8 nitrogen and oxygen atoms in total. The average Bonchev–Trinajstić information content (AvgIpc) is 3.19. The fourth-order valence-electron chi connectivity index (χ4n) is 3.67. The summed E-state index contributed by atoms with van der Waals surface area (Å²) in [6, 6.07) is 4.98. The van der Waals surface area contributed by atoms with Gasteiger partial charge in [-0.25, -0.2) is 9.18 Å². The first kappa shape index (κ1) is 19.8. The molecule has 2 aliphatic rings. The monoisotopic (exact) mass is 390 g/mol. The third-order valence-corrected chi connectivity index (χ3v) is 5.17. The number of halogens is 1. The fourth-order valence-corrected chi connectivity index (χ4v) is 3.67. The van der Waals surface area contributed by atoms with Crippen LogP contribution in [0, 0.1) is 5.82 Å². The van der Waals surface area contributed by atoms with Crippen LogP contribution in [-0.4, -0.2) is 59.2 Å². The number of rotatable bonds is 6. The maximum atomic E-state index is 13.1. The first-order chi connectivity index (χ1) is 13.3. The fraction of sp³-hybridized carbons (Fsp3) is 0.474. The average molecular weight is 390 g/mol. The largest absolute Gasteiger partial charge is 0.336 e. The maximum Gasteiger partial charge on any atom is 0.325 e. The summed E-state index contributed by atoms with van der Waals surface area (Å²) in [5.74, 6) is -1.59. The number of hydrogen-bond acceptors (Lipinski definition) is 4. The van der Waals surface area contributed by atoms with Gasteiger partial charge in [0.05, 0.1) is 6.54 Å². The van der Waals surface area contributed by atoms with Crippen LogP contribution in [0.4, 0.5) is 14.9 Å². The molecule has 2 fully saturated rings. The molecule has 150 valence electrons. The second-order valence-corrected chi connectivity index (χ2v) is 7.23. The molecule has 1 aliphatic heterocycles. The molecule has 1 aromatic carbocycles. The first-order valence-corrected chi connectivity index (χ1v) is 9.24. The minimum Gasteiger partial charge on any atom is -0.336 e. The Balaban J connectivity index is 1.48. The van der Waals surface area contributed by atoms with Gasteiger partial charge < -0.3 is 15.5 Å². The van der Waals surface area contributed by atoms with Crippen molar-refractivity contribution in [3.8, 4) is 0 Å². The molecule has 0 unspecified atom stereocenters. The summed E-state index contributed by atoms with van der Waals surface area (Å²) in [5, 5.41) is 5.28. The molecule has 3 rings (SSSR count). The van der Waals surface area contributed by atoms with Gasteiger partial charge in [-0.1, -0.05) is 18.9 Å². The van der Waals surface area contributed by atoms with Crippen molar-refractivity contribution in [2.24, 2.45) is 0 Å². The predicted octanol–water partition coefficient (Wildman–Crippen LogP) is 1.48. The third-order valence-electron chi connectivity index (χ3n) is 5.17. The first-order valence-electron chi connectivity index (χ1n) is 9.24. The van der Waals surface area contributed by atoms with Gasteiger partial charge in [0, 0.05) is 25.7 Å². The van der Waals surface area contributed by atoms with E-state index in [1.165, 1.54) is 30.1 Å². The van der Waals surface area contributed by atoms with E-state index < -0.39 is 23.3 Å². The van der Waals surface area contributed by atoms with E-state index in [-0.39, 0.29) is 31.3 Å². The Kier molecular flexibility index (Phi) is 5.62. The van der Waals surface area contributed by atoms with Gasteiger partial charge in [0.2, 0.25) is 11.8 Å². The van der Waals surface area contributed by atoms with Crippen molar-refractivity contribution in [2.45, 2.75) is 37.6 Å². The van der Waals surface area contributed by atoms with E-state index in [0.717, 1.165) is 17.7 Å². The lowest BCUT2D eigenvalue weighted by atomic mass is 9.98. The molecular formula is C19H23FN4O4. The molecule has 5 amide bonds. The highest BCUT2D eigenvalue weighted by Crippen LogP contribution is 2.35. The van der Waals surface area contributed by atoms with Crippen LogP contribution in [0.15, 0.2) is 24.3 Å². The van der Waals surface area contributed by atoms with Crippen LogP contribution in [0.2, 0.25) is 0 Å². The molecule has 1 saturated carbocycles. The number of carbonyl (C=O) groups is 4. The minimum atomic E-state index is -0.795. The second kappa shape index (κ2) is 7.95. The van der Waals surface area contributed by atoms with E-state index in [2.05, 4.69) is 10.6 Å². The summed E-state index contributed by atoms with van der Waals surface area (Å²) in [6.45, 7) is -0.249. The highest BCUT2D eigenvalue weighted by molar-refractivity contribution is 6.07. The number of benzene rings is 1. The zero-order chi connectivity index (χ0) is 20.3. The van der Waals surface area contributed by atoms with Gasteiger partial charge in [-0.3, -0.25) is 19.3 Å². The lowest BCUT2D eigenvalue weighted by Gasteiger charge is -2.21. The van der Waals surface area contributed by atoms with Crippen molar-refractivity contribution in [2.75, 3.05) is 25.5 Å². The van der Waals surface area contributed by atoms with Crippen LogP contribution in [0.3, 0.4) is 0 Å². The molecule has 0 aromatic heterocycles. The Morgan fingerprint density at radius 1 is 1.29 bits per heavy atom. The molecule has 1 saturated heterocycles. The Labute approximate surface area is 162 Å². The zero-order valence-corrected chi connectivity index (χ0v) is 15.7. The summed E-state index contributed by atoms with van der Waals surface area (Å²) in [5.41, 5.74) is -0.497. The summed E-state index contributed by atoms with van der Waals surface area (Å²) in [7, 11) is 1.46. The van der Waals surface area contributed by atoms with E-state index >= 15 is 0 Å². The maximum absolute atomic E-state index is 13.1. The molecule has 1 aromatic rings. The van der Waals surface area contributed by atoms with Crippen LogP contribution in [0.5, 0.6) is 0 Å². The number of nitrogens with one attached hydrogen (secondary N) is 2. The summed E-state index contributed by atoms with van der Waals surface area (Å²) in [4.78, 5) is 51.3. The zero-order valence-electron chi connectivity index (χ0n) is 15.7. The molecule has 9 heteroatoms. The number of imide groups is 1. The Morgan fingerprint density at radius 3 is 2.68 bits per heavy atom. The van der Waals surface area contributed by atoms with Gasteiger partial charge in [-0.15, -0.1) is 0 Å². The molecular weight excluding hydrogens is 367 g/mol. The molecule has 28 heavy (non-hydrogen) atoms. The van der Waals surface area contributed by atoms with E-state index in [9.17, 15) is 23.6 Å². The normalized spacial score (nSPS) is 17.7. The van der Waals surface area contributed by atoms with Crippen molar-refractivity contribution in [3.63, 3.8) is 0 Å². The molecule has 2 N–H and O–H groups in total. The summed E-state index contributed by atoms with van der Waals surface area (Å²) < 4.78 is 13.1. The third kappa shape index (κ3) is 4.13. The van der Waals surface area contributed by atoms with Gasteiger partial charge in [-0.05, 0) is 31.0 Å². The van der Waals surface area contributed by atoms with Crippen molar-refractivity contribution >= 4 is 29.4 Å².